The third kappa shape index (κ3) is 5.34. The fraction of sp³-hybridized carbons (Fsp3) is 0.429. The van der Waals surface area contributed by atoms with Crippen molar-refractivity contribution in [3.8, 4) is 0 Å². The van der Waals surface area contributed by atoms with E-state index in [0.29, 0.717) is 19.4 Å². The van der Waals surface area contributed by atoms with Crippen LogP contribution in [-0.4, -0.2) is 29.6 Å². The fourth-order valence-electron chi connectivity index (χ4n) is 1.76. The van der Waals surface area contributed by atoms with Crippen molar-refractivity contribution in [1.29, 1.82) is 0 Å². The van der Waals surface area contributed by atoms with Gasteiger partial charge in [0.15, 0.2) is 0 Å². The molecule has 0 spiro atoms. The maximum Gasteiger partial charge on any atom is 0.349 e. The van der Waals surface area contributed by atoms with Gasteiger partial charge in [0, 0.05) is 10.6 Å². The average Bonchev–Trinajstić information content (AvgIpc) is 2.45. The number of nitrogens with two attached hydrogens (primary N) is 2. The highest BCUT2D eigenvalue weighted by Crippen LogP contribution is 2.26. The Morgan fingerprint density at radius 1 is 1.29 bits per heavy atom. The first-order valence-corrected chi connectivity index (χ1v) is 6.98. The minimum Gasteiger partial charge on any atom is -0.478 e. The molecule has 116 valence electrons. The molecule has 0 radical (unpaired) electrons. The van der Waals surface area contributed by atoms with E-state index in [-0.39, 0.29) is 10.6 Å². The lowest BCUT2D eigenvalue weighted by molar-refractivity contribution is -0.165. The molecule has 0 saturated carbocycles. The number of halogens is 1. The van der Waals surface area contributed by atoms with Gasteiger partial charge in [-0.2, -0.15) is 0 Å². The molecular formula is C14H19ClN2O4. The van der Waals surface area contributed by atoms with Crippen molar-refractivity contribution in [3.63, 3.8) is 0 Å². The topological polar surface area (TPSA) is 116 Å². The highest BCUT2D eigenvalue weighted by molar-refractivity contribution is 6.31. The zero-order chi connectivity index (χ0) is 15.8. The van der Waals surface area contributed by atoms with Gasteiger partial charge in [0.1, 0.15) is 6.04 Å². The molecule has 0 aliphatic rings. The molecule has 0 heterocycles. The molecular weight excluding hydrogens is 296 g/mol. The van der Waals surface area contributed by atoms with Gasteiger partial charge in [-0.3, -0.25) is 4.79 Å². The number of carboxylic acid groups (broad SMARTS) is 1. The average molecular weight is 315 g/mol. The molecule has 21 heavy (non-hydrogen) atoms. The van der Waals surface area contributed by atoms with E-state index in [9.17, 15) is 14.7 Å². The standard InChI is InChI=1S/C14H19ClN2O4/c15-10-6-2-1-5-9(10)12(13(18)19)21-14(20)11(17)7-3-4-8-16/h1-2,5-6,11-12H,3-4,7-8,16-17H2,(H,18,19)/t11?,12-/m1/s1. The molecule has 0 saturated heterocycles. The molecule has 0 amide bonds. The van der Waals surface area contributed by atoms with E-state index < -0.39 is 24.1 Å². The summed E-state index contributed by atoms with van der Waals surface area (Å²) in [6.07, 6.45) is 0.349. The fourth-order valence-corrected chi connectivity index (χ4v) is 2.00. The second-order valence-corrected chi connectivity index (χ2v) is 4.97. The number of benzene rings is 1. The predicted molar refractivity (Wildman–Crippen MR) is 78.8 cm³/mol. The van der Waals surface area contributed by atoms with Crippen LogP contribution in [0.5, 0.6) is 0 Å². The van der Waals surface area contributed by atoms with Gasteiger partial charge < -0.3 is 21.3 Å². The molecule has 0 aliphatic heterocycles. The second kappa shape index (κ2) is 8.61. The van der Waals surface area contributed by atoms with Crippen molar-refractivity contribution in [1.82, 2.24) is 0 Å². The highest BCUT2D eigenvalue weighted by Gasteiger charge is 2.28. The number of unbranched alkanes of at least 4 members (excludes halogenated alkanes) is 1. The third-order valence-corrected chi connectivity index (χ3v) is 3.26. The lowest BCUT2D eigenvalue weighted by Crippen LogP contribution is -2.34. The molecule has 0 aliphatic carbocycles. The van der Waals surface area contributed by atoms with Crippen LogP contribution in [0.2, 0.25) is 5.02 Å². The normalized spacial score (nSPS) is 13.5. The Balaban J connectivity index is 2.73. The summed E-state index contributed by atoms with van der Waals surface area (Å²) in [4.78, 5) is 23.1. The van der Waals surface area contributed by atoms with Gasteiger partial charge in [-0.1, -0.05) is 36.2 Å². The zero-order valence-corrected chi connectivity index (χ0v) is 12.3. The monoisotopic (exact) mass is 314 g/mol. The largest absolute Gasteiger partial charge is 0.478 e. The highest BCUT2D eigenvalue weighted by atomic mass is 35.5. The number of carbonyl (C=O) groups excluding carboxylic acids is 1. The van der Waals surface area contributed by atoms with Crippen molar-refractivity contribution in [2.45, 2.75) is 31.4 Å². The number of hydrogen-bond acceptors (Lipinski definition) is 5. The van der Waals surface area contributed by atoms with E-state index in [0.717, 1.165) is 6.42 Å². The van der Waals surface area contributed by atoms with Crippen LogP contribution in [0, 0.1) is 0 Å². The summed E-state index contributed by atoms with van der Waals surface area (Å²) in [5.74, 6) is -2.06. The van der Waals surface area contributed by atoms with Crippen LogP contribution in [0.1, 0.15) is 30.9 Å². The van der Waals surface area contributed by atoms with Crippen LogP contribution in [-0.2, 0) is 14.3 Å². The van der Waals surface area contributed by atoms with Gasteiger partial charge in [-0.25, -0.2) is 4.79 Å². The van der Waals surface area contributed by atoms with Gasteiger partial charge in [-0.05, 0) is 25.5 Å². The van der Waals surface area contributed by atoms with Gasteiger partial charge >= 0.3 is 11.9 Å². The molecule has 1 aromatic carbocycles. The summed E-state index contributed by atoms with van der Waals surface area (Å²) < 4.78 is 4.99. The summed E-state index contributed by atoms with van der Waals surface area (Å²) >= 11 is 5.93. The van der Waals surface area contributed by atoms with E-state index in [1.165, 1.54) is 12.1 Å². The maximum absolute atomic E-state index is 11.9. The Morgan fingerprint density at radius 3 is 2.52 bits per heavy atom. The summed E-state index contributed by atoms with van der Waals surface area (Å²) in [6.45, 7) is 0.513. The maximum atomic E-state index is 11.9. The smallest absolute Gasteiger partial charge is 0.349 e. The summed E-state index contributed by atoms with van der Waals surface area (Å²) in [6, 6.07) is 5.42. The molecule has 5 N–H and O–H groups in total. The van der Waals surface area contributed by atoms with Crippen molar-refractivity contribution in [3.05, 3.63) is 34.9 Å². The minimum absolute atomic E-state index is 0.217. The van der Waals surface area contributed by atoms with Crippen LogP contribution >= 0.6 is 11.6 Å². The molecule has 0 fully saturated rings. The molecule has 2 atom stereocenters. The van der Waals surface area contributed by atoms with Crippen molar-refractivity contribution < 1.29 is 19.4 Å². The molecule has 1 unspecified atom stereocenters. The van der Waals surface area contributed by atoms with Gasteiger partial charge in [0.25, 0.3) is 0 Å². The summed E-state index contributed by atoms with van der Waals surface area (Å²) in [5, 5.41) is 9.42. The quantitative estimate of drug-likeness (QED) is 0.494. The number of carbonyl (C=O) groups is 2. The van der Waals surface area contributed by atoms with E-state index >= 15 is 0 Å². The van der Waals surface area contributed by atoms with Crippen molar-refractivity contribution in [2.24, 2.45) is 11.5 Å². The Morgan fingerprint density at radius 2 is 1.95 bits per heavy atom. The van der Waals surface area contributed by atoms with Crippen LogP contribution in [0.4, 0.5) is 0 Å². The van der Waals surface area contributed by atoms with Crippen LogP contribution < -0.4 is 11.5 Å². The predicted octanol–water partition coefficient (Wildman–Crippen LogP) is 1.47. The van der Waals surface area contributed by atoms with Crippen LogP contribution in [0.3, 0.4) is 0 Å². The van der Waals surface area contributed by atoms with Gasteiger partial charge in [0.05, 0.1) is 0 Å². The minimum atomic E-state index is -1.47. The lowest BCUT2D eigenvalue weighted by atomic mass is 10.1. The van der Waals surface area contributed by atoms with E-state index in [2.05, 4.69) is 0 Å². The Labute approximate surface area is 128 Å². The van der Waals surface area contributed by atoms with Gasteiger partial charge in [0.2, 0.25) is 6.10 Å². The van der Waals surface area contributed by atoms with Crippen LogP contribution in [0.25, 0.3) is 0 Å². The number of aliphatic carboxylic acids is 1. The molecule has 6 nitrogen and oxygen atoms in total. The number of ether oxygens (including phenoxy) is 1. The first kappa shape index (κ1) is 17.4. The van der Waals surface area contributed by atoms with Crippen molar-refractivity contribution >= 4 is 23.5 Å². The second-order valence-electron chi connectivity index (χ2n) is 4.57. The van der Waals surface area contributed by atoms with E-state index in [1.54, 1.807) is 12.1 Å². The number of carboxylic acids is 1. The summed E-state index contributed by atoms with van der Waals surface area (Å²) in [7, 11) is 0. The number of rotatable bonds is 8. The lowest BCUT2D eigenvalue weighted by Gasteiger charge is -2.18. The summed E-state index contributed by atoms with van der Waals surface area (Å²) in [5.41, 5.74) is 11.3. The molecule has 0 aromatic heterocycles. The first-order valence-electron chi connectivity index (χ1n) is 6.60. The zero-order valence-electron chi connectivity index (χ0n) is 11.5. The molecule has 1 rings (SSSR count). The Kier molecular flexibility index (Phi) is 7.14. The molecule has 1 aromatic rings. The van der Waals surface area contributed by atoms with Gasteiger partial charge in [-0.15, -0.1) is 0 Å². The number of hydrogen-bond donors (Lipinski definition) is 3. The third-order valence-electron chi connectivity index (χ3n) is 2.92. The van der Waals surface area contributed by atoms with E-state index in [4.69, 9.17) is 27.8 Å². The van der Waals surface area contributed by atoms with Crippen LogP contribution in [0.15, 0.2) is 24.3 Å². The van der Waals surface area contributed by atoms with Crippen molar-refractivity contribution in [2.75, 3.05) is 6.54 Å². The van der Waals surface area contributed by atoms with E-state index in [1.807, 2.05) is 0 Å². The number of esters is 1. The SMILES string of the molecule is NCCCCC(N)C(=O)O[C@@H](C(=O)O)c1ccccc1Cl. The molecule has 7 heteroatoms. The molecule has 0 bridgehead atoms. The first-order chi connectivity index (χ1) is 9.97. The Hall–Kier alpha value is -1.63. The Bertz CT molecular complexity index is 496.